The van der Waals surface area contributed by atoms with Crippen molar-refractivity contribution in [3.63, 3.8) is 0 Å². The molecule has 4 aromatic rings. The summed E-state index contributed by atoms with van der Waals surface area (Å²) in [5.74, 6) is -0.0974. The van der Waals surface area contributed by atoms with Crippen LogP contribution in [0.15, 0.2) is 60.0 Å². The number of aryl methyl sites for hydroxylation is 1. The maximum atomic E-state index is 12.5. The molecule has 0 saturated heterocycles. The van der Waals surface area contributed by atoms with Gasteiger partial charge >= 0.3 is 0 Å². The van der Waals surface area contributed by atoms with Crippen LogP contribution in [0.5, 0.6) is 0 Å². The van der Waals surface area contributed by atoms with Gasteiger partial charge in [-0.25, -0.2) is 4.98 Å². The number of hydrogen-bond acceptors (Lipinski definition) is 4. The second-order valence-corrected chi connectivity index (χ2v) is 7.42. The number of nitrogens with zero attached hydrogens (tertiary/aromatic N) is 1. The molecule has 2 heterocycles. The molecular weight excluding hydrogens is 336 g/mol. The fraction of sp³-hybridized carbons (Fsp3) is 0.0526. The van der Waals surface area contributed by atoms with Gasteiger partial charge in [-0.15, -0.1) is 22.7 Å². The number of carbonyl (C=O) groups is 1. The van der Waals surface area contributed by atoms with Gasteiger partial charge in [0.1, 0.15) is 10.0 Å². The molecule has 0 spiro atoms. The van der Waals surface area contributed by atoms with E-state index in [1.54, 1.807) is 11.3 Å². The van der Waals surface area contributed by atoms with Crippen LogP contribution in [-0.4, -0.2) is 10.9 Å². The summed E-state index contributed by atoms with van der Waals surface area (Å²) >= 11 is 3.15. The average molecular weight is 350 g/mol. The Morgan fingerprint density at radius 2 is 1.83 bits per heavy atom. The van der Waals surface area contributed by atoms with Crippen LogP contribution in [-0.2, 0) is 0 Å². The van der Waals surface area contributed by atoms with E-state index in [-0.39, 0.29) is 5.91 Å². The first kappa shape index (κ1) is 15.1. The van der Waals surface area contributed by atoms with E-state index in [1.807, 2.05) is 60.8 Å². The van der Waals surface area contributed by atoms with Crippen molar-refractivity contribution in [3.05, 3.63) is 71.1 Å². The summed E-state index contributed by atoms with van der Waals surface area (Å²) in [6, 6.07) is 17.6. The summed E-state index contributed by atoms with van der Waals surface area (Å²) < 4.78 is 1.15. The number of amides is 1. The molecule has 0 atom stereocenters. The lowest BCUT2D eigenvalue weighted by Crippen LogP contribution is -2.11. The number of thiophene rings is 1. The summed E-state index contributed by atoms with van der Waals surface area (Å²) in [4.78, 5) is 17.1. The van der Waals surface area contributed by atoms with Gasteiger partial charge in [-0.1, -0.05) is 29.8 Å². The number of thiazole rings is 1. The van der Waals surface area contributed by atoms with Gasteiger partial charge in [0.25, 0.3) is 5.91 Å². The zero-order chi connectivity index (χ0) is 16.5. The lowest BCUT2D eigenvalue weighted by molar-refractivity contribution is 0.102. The van der Waals surface area contributed by atoms with Crippen molar-refractivity contribution >= 4 is 43.8 Å². The van der Waals surface area contributed by atoms with Crippen LogP contribution < -0.4 is 5.32 Å². The Morgan fingerprint density at radius 1 is 1.04 bits per heavy atom. The van der Waals surface area contributed by atoms with Crippen molar-refractivity contribution in [3.8, 4) is 10.6 Å². The molecule has 0 aliphatic carbocycles. The Kier molecular flexibility index (Phi) is 3.88. The molecule has 1 amide bonds. The zero-order valence-electron chi connectivity index (χ0n) is 12.9. The normalized spacial score (nSPS) is 10.9. The lowest BCUT2D eigenvalue weighted by atomic mass is 10.1. The summed E-state index contributed by atoms with van der Waals surface area (Å²) in [7, 11) is 0. The van der Waals surface area contributed by atoms with E-state index in [9.17, 15) is 4.79 Å². The number of rotatable bonds is 3. The number of para-hydroxylation sites is 1. The smallest absolute Gasteiger partial charge is 0.256 e. The van der Waals surface area contributed by atoms with Gasteiger partial charge < -0.3 is 5.32 Å². The third kappa shape index (κ3) is 2.84. The van der Waals surface area contributed by atoms with Gasteiger partial charge in [-0.2, -0.15) is 0 Å². The second kappa shape index (κ2) is 6.19. The predicted octanol–water partition coefficient (Wildman–Crippen LogP) is 5.59. The maximum Gasteiger partial charge on any atom is 0.256 e. The highest BCUT2D eigenvalue weighted by molar-refractivity contribution is 7.22. The van der Waals surface area contributed by atoms with Crippen molar-refractivity contribution in [2.75, 3.05) is 5.32 Å². The molecule has 0 saturated carbocycles. The summed E-state index contributed by atoms with van der Waals surface area (Å²) in [5, 5.41) is 6.75. The van der Waals surface area contributed by atoms with Crippen LogP contribution in [0.25, 0.3) is 20.8 Å². The molecular formula is C19H14N2OS2. The van der Waals surface area contributed by atoms with Crippen LogP contribution in [0.4, 0.5) is 5.00 Å². The molecule has 2 aromatic carbocycles. The second-order valence-electron chi connectivity index (χ2n) is 5.47. The highest BCUT2D eigenvalue weighted by Gasteiger charge is 2.14. The van der Waals surface area contributed by atoms with Crippen molar-refractivity contribution in [1.82, 2.24) is 4.98 Å². The molecule has 118 valence electrons. The largest absolute Gasteiger partial charge is 0.313 e. The van der Waals surface area contributed by atoms with E-state index in [0.29, 0.717) is 5.56 Å². The molecule has 0 radical (unpaired) electrons. The minimum absolute atomic E-state index is 0.0974. The van der Waals surface area contributed by atoms with Crippen molar-refractivity contribution in [1.29, 1.82) is 0 Å². The van der Waals surface area contributed by atoms with Crippen LogP contribution in [0.1, 0.15) is 15.9 Å². The van der Waals surface area contributed by atoms with E-state index >= 15 is 0 Å². The number of aromatic nitrogens is 1. The minimum Gasteiger partial charge on any atom is -0.313 e. The highest BCUT2D eigenvalue weighted by Crippen LogP contribution is 2.37. The first-order valence-corrected chi connectivity index (χ1v) is 9.22. The molecule has 0 fully saturated rings. The topological polar surface area (TPSA) is 42.0 Å². The SMILES string of the molecule is Cc1ccc(C(=O)Nc2sccc2-c2nc3ccccc3s2)cc1. The van der Waals surface area contributed by atoms with Gasteiger partial charge in [0.2, 0.25) is 0 Å². The Balaban J connectivity index is 1.65. The highest BCUT2D eigenvalue weighted by atomic mass is 32.1. The molecule has 3 nitrogen and oxygen atoms in total. The maximum absolute atomic E-state index is 12.5. The Bertz CT molecular complexity index is 982. The van der Waals surface area contributed by atoms with E-state index in [1.165, 1.54) is 11.3 Å². The fourth-order valence-corrected chi connectivity index (χ4v) is 4.29. The number of carbonyl (C=O) groups excluding carboxylic acids is 1. The van der Waals surface area contributed by atoms with E-state index in [2.05, 4.69) is 16.4 Å². The molecule has 5 heteroatoms. The number of nitrogens with one attached hydrogen (secondary N) is 1. The van der Waals surface area contributed by atoms with Crippen molar-refractivity contribution in [2.45, 2.75) is 6.92 Å². The molecule has 4 rings (SSSR count). The van der Waals surface area contributed by atoms with Crippen molar-refractivity contribution in [2.24, 2.45) is 0 Å². The van der Waals surface area contributed by atoms with Gasteiger partial charge in [0, 0.05) is 11.1 Å². The third-order valence-corrected chi connectivity index (χ3v) is 5.63. The van der Waals surface area contributed by atoms with Crippen LogP contribution in [0, 0.1) is 6.92 Å². The molecule has 2 aromatic heterocycles. The molecule has 24 heavy (non-hydrogen) atoms. The van der Waals surface area contributed by atoms with Gasteiger partial charge in [0.05, 0.1) is 10.2 Å². The van der Waals surface area contributed by atoms with Gasteiger partial charge in [0.15, 0.2) is 0 Å². The van der Waals surface area contributed by atoms with Crippen LogP contribution in [0.3, 0.4) is 0 Å². The zero-order valence-corrected chi connectivity index (χ0v) is 14.6. The van der Waals surface area contributed by atoms with E-state index in [4.69, 9.17) is 0 Å². The van der Waals surface area contributed by atoms with E-state index < -0.39 is 0 Å². The molecule has 0 aliphatic heterocycles. The van der Waals surface area contributed by atoms with Gasteiger partial charge in [-0.05, 0) is 42.6 Å². The molecule has 0 unspecified atom stereocenters. The number of hydrogen-bond donors (Lipinski definition) is 1. The summed E-state index contributed by atoms with van der Waals surface area (Å²) in [6.45, 7) is 2.01. The quantitative estimate of drug-likeness (QED) is 0.523. The molecule has 0 bridgehead atoms. The number of benzene rings is 2. The molecule has 1 N–H and O–H groups in total. The fourth-order valence-electron chi connectivity index (χ4n) is 2.44. The van der Waals surface area contributed by atoms with Gasteiger partial charge in [-0.3, -0.25) is 4.79 Å². The Labute approximate surface area is 147 Å². The Morgan fingerprint density at radius 3 is 2.62 bits per heavy atom. The van der Waals surface area contributed by atoms with E-state index in [0.717, 1.165) is 31.4 Å². The first-order chi connectivity index (χ1) is 11.7. The van der Waals surface area contributed by atoms with Crippen LogP contribution in [0.2, 0.25) is 0 Å². The summed E-state index contributed by atoms with van der Waals surface area (Å²) in [5.41, 5.74) is 3.75. The van der Waals surface area contributed by atoms with Crippen LogP contribution >= 0.6 is 22.7 Å². The minimum atomic E-state index is -0.0974. The monoisotopic (exact) mass is 350 g/mol. The lowest BCUT2D eigenvalue weighted by Gasteiger charge is -2.05. The average Bonchev–Trinajstić information content (AvgIpc) is 3.21. The number of fused-ring (bicyclic) bond motifs is 1. The molecule has 0 aliphatic rings. The predicted molar refractivity (Wildman–Crippen MR) is 102 cm³/mol. The number of anilines is 1. The Hall–Kier alpha value is -2.50. The summed E-state index contributed by atoms with van der Waals surface area (Å²) in [6.07, 6.45) is 0. The van der Waals surface area contributed by atoms with Crippen molar-refractivity contribution < 1.29 is 4.79 Å². The standard InChI is InChI=1S/C19H14N2OS2/c1-12-6-8-13(9-7-12)17(22)21-18-14(10-11-23-18)19-20-15-4-2-3-5-16(15)24-19/h2-11H,1H3,(H,21,22). The first-order valence-electron chi connectivity index (χ1n) is 7.52. The third-order valence-electron chi connectivity index (χ3n) is 3.73.